The van der Waals surface area contributed by atoms with Crippen molar-refractivity contribution in [3.63, 3.8) is 0 Å². The van der Waals surface area contributed by atoms with Crippen LogP contribution in [0.25, 0.3) is 0 Å². The predicted octanol–water partition coefficient (Wildman–Crippen LogP) is 1.86. The van der Waals surface area contributed by atoms with Gasteiger partial charge in [0.15, 0.2) is 0 Å². The Bertz CT molecular complexity index is 554. The summed E-state index contributed by atoms with van der Waals surface area (Å²) in [5.74, 6) is 0. The van der Waals surface area contributed by atoms with Crippen LogP contribution in [0.3, 0.4) is 0 Å². The smallest absolute Gasteiger partial charge is 0.349 e. The number of rotatable bonds is 2. The first kappa shape index (κ1) is 22.6. The summed E-state index contributed by atoms with van der Waals surface area (Å²) in [7, 11) is -2.62. The summed E-state index contributed by atoms with van der Waals surface area (Å²) < 4.78 is 25.5. The minimum Gasteiger partial charge on any atom is -0.396 e. The Morgan fingerprint density at radius 3 is 2.14 bits per heavy atom. The van der Waals surface area contributed by atoms with Crippen molar-refractivity contribution in [3.05, 3.63) is 0 Å². The van der Waals surface area contributed by atoms with Gasteiger partial charge in [0.2, 0.25) is 0 Å². The lowest BCUT2D eigenvalue weighted by atomic mass is 9.79. The molecule has 0 aromatic heterocycles. The van der Waals surface area contributed by atoms with Gasteiger partial charge in [-0.15, -0.1) is 0 Å². The Kier molecular flexibility index (Phi) is 5.87. The molecule has 0 saturated carbocycles. The molecule has 7 atom stereocenters. The molecule has 0 aromatic rings. The third kappa shape index (κ3) is 3.49. The van der Waals surface area contributed by atoms with Gasteiger partial charge >= 0.3 is 8.56 Å². The highest BCUT2D eigenvalue weighted by atomic mass is 28.4. The van der Waals surface area contributed by atoms with Crippen molar-refractivity contribution >= 4 is 8.56 Å². The number of aliphatic hydroxyl groups excluding tert-OH is 2. The molecular formula is C20H38O7Si. The van der Waals surface area contributed by atoms with Crippen molar-refractivity contribution in [2.75, 3.05) is 13.2 Å². The highest BCUT2D eigenvalue weighted by Gasteiger charge is 2.64. The van der Waals surface area contributed by atoms with E-state index < -0.39 is 38.6 Å². The van der Waals surface area contributed by atoms with Gasteiger partial charge in [-0.05, 0) is 13.3 Å². The van der Waals surface area contributed by atoms with E-state index in [2.05, 4.69) is 41.5 Å². The van der Waals surface area contributed by atoms with Gasteiger partial charge in [-0.25, -0.2) is 0 Å². The average Bonchev–Trinajstić information content (AvgIpc) is 2.56. The normalized spacial score (nSPS) is 43.9. The molecule has 3 fully saturated rings. The second-order valence-corrected chi connectivity index (χ2v) is 15.6. The third-order valence-corrected chi connectivity index (χ3v) is 11.8. The highest BCUT2D eigenvalue weighted by Crippen LogP contribution is 2.55. The summed E-state index contributed by atoms with van der Waals surface area (Å²) in [5.41, 5.74) is -1.48. The molecule has 0 spiro atoms. The third-order valence-electron chi connectivity index (χ3n) is 6.61. The number of hydrogen-bond donors (Lipinski definition) is 3. The fourth-order valence-corrected chi connectivity index (χ4v) is 10.2. The van der Waals surface area contributed by atoms with Crippen LogP contribution in [0.15, 0.2) is 0 Å². The summed E-state index contributed by atoms with van der Waals surface area (Å²) in [6.45, 7) is 14.9. The van der Waals surface area contributed by atoms with E-state index in [0.29, 0.717) is 13.0 Å². The van der Waals surface area contributed by atoms with Gasteiger partial charge in [-0.2, -0.15) is 0 Å². The van der Waals surface area contributed by atoms with Gasteiger partial charge in [0.1, 0.15) is 23.9 Å². The van der Waals surface area contributed by atoms with Crippen molar-refractivity contribution in [3.8, 4) is 0 Å². The fourth-order valence-electron chi connectivity index (χ4n) is 5.28. The minimum absolute atomic E-state index is 0.119. The van der Waals surface area contributed by atoms with Gasteiger partial charge in [-0.3, -0.25) is 0 Å². The lowest BCUT2D eigenvalue weighted by Crippen LogP contribution is -2.72. The molecular weight excluding hydrogens is 380 g/mol. The zero-order chi connectivity index (χ0) is 21.1. The summed E-state index contributed by atoms with van der Waals surface area (Å²) >= 11 is 0. The zero-order valence-corrected chi connectivity index (χ0v) is 19.3. The molecule has 3 aliphatic heterocycles. The Labute approximate surface area is 169 Å². The summed E-state index contributed by atoms with van der Waals surface area (Å²) in [6.07, 6.45) is -2.42. The van der Waals surface area contributed by atoms with Crippen LogP contribution in [0.2, 0.25) is 10.1 Å². The molecule has 0 aromatic carbocycles. The van der Waals surface area contributed by atoms with Crippen LogP contribution in [-0.2, 0) is 18.3 Å². The maximum Gasteiger partial charge on any atom is 0.349 e. The summed E-state index contributed by atoms with van der Waals surface area (Å²) in [4.78, 5) is 0. The molecule has 8 heteroatoms. The van der Waals surface area contributed by atoms with Gasteiger partial charge in [0, 0.05) is 23.1 Å². The van der Waals surface area contributed by atoms with Crippen LogP contribution < -0.4 is 0 Å². The van der Waals surface area contributed by atoms with Crippen LogP contribution >= 0.6 is 0 Å². The Morgan fingerprint density at radius 1 is 1.00 bits per heavy atom. The maximum atomic E-state index is 10.8. The van der Waals surface area contributed by atoms with Gasteiger partial charge in [0.05, 0.1) is 24.9 Å². The number of hydrogen-bond acceptors (Lipinski definition) is 7. The van der Waals surface area contributed by atoms with Crippen molar-refractivity contribution in [1.82, 2.24) is 0 Å². The van der Waals surface area contributed by atoms with E-state index in [4.69, 9.17) is 18.3 Å². The molecule has 0 bridgehead atoms. The predicted molar refractivity (Wildman–Crippen MR) is 106 cm³/mol. The number of aliphatic hydroxyl groups is 3. The van der Waals surface area contributed by atoms with Crippen LogP contribution in [0, 0.1) is 0 Å². The number of fused-ring (bicyclic) bond motifs is 2. The second-order valence-electron chi connectivity index (χ2n) is 10.8. The molecule has 3 N–H and O–H groups in total. The first-order chi connectivity index (χ1) is 12.7. The van der Waals surface area contributed by atoms with Crippen molar-refractivity contribution in [2.45, 2.75) is 114 Å². The first-order valence-corrected chi connectivity index (χ1v) is 12.2. The number of ether oxygens (including phenoxy) is 2. The fraction of sp³-hybridized carbons (Fsp3) is 1.00. The van der Waals surface area contributed by atoms with Gasteiger partial charge in [0.25, 0.3) is 0 Å². The van der Waals surface area contributed by atoms with Crippen LogP contribution in [0.4, 0.5) is 0 Å². The van der Waals surface area contributed by atoms with Gasteiger partial charge in [-0.1, -0.05) is 41.5 Å². The SMILES string of the molecule is CC(C)(C)[Si]1(C(C)(C)C)OC[C@H]2O[C@H]3[C@@H](O)[C@@](C)(O)[C@H](CCO)O[C@@H]3C[C@@H]2O1. The lowest BCUT2D eigenvalue weighted by molar-refractivity contribution is -0.315. The molecule has 0 radical (unpaired) electrons. The van der Waals surface area contributed by atoms with Crippen molar-refractivity contribution in [1.29, 1.82) is 0 Å². The zero-order valence-electron chi connectivity index (χ0n) is 18.3. The monoisotopic (exact) mass is 418 g/mol. The molecule has 0 aliphatic carbocycles. The lowest BCUT2D eigenvalue weighted by Gasteiger charge is -2.59. The van der Waals surface area contributed by atoms with E-state index in [1.807, 2.05) is 0 Å². The highest BCUT2D eigenvalue weighted by molar-refractivity contribution is 6.73. The molecule has 3 rings (SSSR count). The van der Waals surface area contributed by atoms with Gasteiger partial charge < -0.3 is 33.6 Å². The average molecular weight is 419 g/mol. The molecule has 3 saturated heterocycles. The van der Waals surface area contributed by atoms with E-state index >= 15 is 0 Å². The molecule has 28 heavy (non-hydrogen) atoms. The Balaban J connectivity index is 1.84. The Morgan fingerprint density at radius 2 is 1.61 bits per heavy atom. The van der Waals surface area contributed by atoms with Crippen molar-refractivity contribution < 1.29 is 33.6 Å². The van der Waals surface area contributed by atoms with Crippen LogP contribution in [0.1, 0.15) is 61.3 Å². The molecule has 0 amide bonds. The molecule has 164 valence electrons. The standard InChI is InChI=1S/C20H38O7Si/c1-18(2,3)28(19(4,5)6)24-11-14-12(27-28)10-13-16(26-14)17(22)20(7,23)15(25-13)8-9-21/h12-17,21-23H,8-11H2,1-7H3/t12-,13+,14+,15-,16+,17+,20-/m0/s1. The topological polar surface area (TPSA) is 97.6 Å². The minimum atomic E-state index is -2.62. The first-order valence-electron chi connectivity index (χ1n) is 10.4. The molecule has 3 heterocycles. The van der Waals surface area contributed by atoms with E-state index in [-0.39, 0.29) is 35.3 Å². The Hall–Kier alpha value is -0.0631. The van der Waals surface area contributed by atoms with Crippen LogP contribution in [0.5, 0.6) is 0 Å². The summed E-state index contributed by atoms with van der Waals surface area (Å²) in [6, 6.07) is 0. The van der Waals surface area contributed by atoms with E-state index in [1.54, 1.807) is 0 Å². The van der Waals surface area contributed by atoms with E-state index in [9.17, 15) is 15.3 Å². The van der Waals surface area contributed by atoms with Crippen molar-refractivity contribution in [2.24, 2.45) is 0 Å². The molecule has 7 nitrogen and oxygen atoms in total. The van der Waals surface area contributed by atoms with E-state index in [0.717, 1.165) is 0 Å². The molecule has 3 aliphatic rings. The van der Waals surface area contributed by atoms with Crippen LogP contribution in [-0.4, -0.2) is 79.3 Å². The quantitative estimate of drug-likeness (QED) is 0.589. The van der Waals surface area contributed by atoms with E-state index in [1.165, 1.54) is 6.92 Å². The largest absolute Gasteiger partial charge is 0.396 e. The molecule has 0 unspecified atom stereocenters. The second kappa shape index (κ2) is 7.27. The summed E-state index contributed by atoms with van der Waals surface area (Å²) in [5, 5.41) is 30.6. The maximum absolute atomic E-state index is 10.8.